The van der Waals surface area contributed by atoms with Crippen LogP contribution in [0.25, 0.3) is 0 Å². The summed E-state index contributed by atoms with van der Waals surface area (Å²) in [4.78, 5) is 0. The highest BCUT2D eigenvalue weighted by Gasteiger charge is 2.40. The van der Waals surface area contributed by atoms with E-state index in [-0.39, 0.29) is 0 Å². The summed E-state index contributed by atoms with van der Waals surface area (Å²) in [7, 11) is 5.06. The van der Waals surface area contributed by atoms with Crippen LogP contribution >= 0.6 is 0 Å². The normalized spacial score (nSPS) is 15.0. The Bertz CT molecular complexity index is 231. The van der Waals surface area contributed by atoms with E-state index < -0.39 is 5.97 Å². The summed E-state index contributed by atoms with van der Waals surface area (Å²) in [5, 5.41) is 0. The van der Waals surface area contributed by atoms with E-state index in [2.05, 4.69) is 20.8 Å². The molecule has 0 amide bonds. The molecule has 2 unspecified atom stereocenters. The Morgan fingerprint density at radius 3 is 1.77 bits per heavy atom. The number of rotatable bonds is 15. The van der Waals surface area contributed by atoms with Gasteiger partial charge in [0.15, 0.2) is 0 Å². The third kappa shape index (κ3) is 7.94. The van der Waals surface area contributed by atoms with Crippen molar-refractivity contribution in [2.45, 2.75) is 91.0 Å². The number of methoxy groups -OCH3 is 3. The second-order valence-corrected chi connectivity index (χ2v) is 6.60. The predicted octanol–water partition coefficient (Wildman–Crippen LogP) is 5.77. The first kappa shape index (κ1) is 21.9. The topological polar surface area (TPSA) is 27.7 Å². The lowest BCUT2D eigenvalue weighted by molar-refractivity contribution is -0.381. The molecule has 0 spiro atoms. The Labute approximate surface area is 139 Å². The van der Waals surface area contributed by atoms with E-state index in [0.29, 0.717) is 11.8 Å². The molecule has 0 aliphatic carbocycles. The van der Waals surface area contributed by atoms with Crippen molar-refractivity contribution >= 4 is 0 Å². The highest BCUT2D eigenvalue weighted by molar-refractivity contribution is 4.74. The Morgan fingerprint density at radius 2 is 1.27 bits per heavy atom. The van der Waals surface area contributed by atoms with Gasteiger partial charge in [0.25, 0.3) is 5.97 Å². The SMILES string of the molecule is CCCCCCCCC(CC(C)CCC)C(OC)(OC)OC. The van der Waals surface area contributed by atoms with Crippen LogP contribution in [0.5, 0.6) is 0 Å². The highest BCUT2D eigenvalue weighted by atomic mass is 16.9. The zero-order valence-electron chi connectivity index (χ0n) is 16.0. The molecule has 0 aromatic heterocycles. The molecule has 3 heteroatoms. The fourth-order valence-electron chi connectivity index (χ4n) is 3.46. The maximum Gasteiger partial charge on any atom is 0.285 e. The van der Waals surface area contributed by atoms with E-state index >= 15 is 0 Å². The number of ether oxygens (including phenoxy) is 3. The minimum Gasteiger partial charge on any atom is -0.331 e. The van der Waals surface area contributed by atoms with Crippen molar-refractivity contribution in [3.05, 3.63) is 0 Å². The summed E-state index contributed by atoms with van der Waals surface area (Å²) < 4.78 is 16.9. The Hall–Kier alpha value is -0.120. The molecular formula is C19H40O3. The quantitative estimate of drug-likeness (QED) is 0.283. The molecule has 0 heterocycles. The van der Waals surface area contributed by atoms with Gasteiger partial charge in [-0.25, -0.2) is 0 Å². The van der Waals surface area contributed by atoms with Gasteiger partial charge in [-0.3, -0.25) is 0 Å². The Balaban J connectivity index is 4.51. The first-order chi connectivity index (χ1) is 10.6. The summed E-state index contributed by atoms with van der Waals surface area (Å²) >= 11 is 0. The van der Waals surface area contributed by atoms with Gasteiger partial charge < -0.3 is 14.2 Å². The fourth-order valence-corrected chi connectivity index (χ4v) is 3.46. The monoisotopic (exact) mass is 316 g/mol. The van der Waals surface area contributed by atoms with Crippen LogP contribution in [-0.4, -0.2) is 27.3 Å². The lowest BCUT2D eigenvalue weighted by Crippen LogP contribution is -2.44. The predicted molar refractivity (Wildman–Crippen MR) is 93.9 cm³/mol. The first-order valence-electron chi connectivity index (χ1n) is 9.25. The zero-order valence-corrected chi connectivity index (χ0v) is 16.0. The van der Waals surface area contributed by atoms with Crippen LogP contribution in [0.15, 0.2) is 0 Å². The molecule has 0 fully saturated rings. The van der Waals surface area contributed by atoms with Gasteiger partial charge in [-0.15, -0.1) is 0 Å². The average molecular weight is 317 g/mol. The summed E-state index contributed by atoms with van der Waals surface area (Å²) in [6.07, 6.45) is 12.6. The molecule has 0 aromatic rings. The van der Waals surface area contributed by atoms with Crippen LogP contribution in [-0.2, 0) is 14.2 Å². The molecule has 134 valence electrons. The van der Waals surface area contributed by atoms with Gasteiger partial charge in [0.1, 0.15) is 0 Å². The fraction of sp³-hybridized carbons (Fsp3) is 1.00. The molecule has 0 radical (unpaired) electrons. The van der Waals surface area contributed by atoms with Crippen molar-refractivity contribution in [1.29, 1.82) is 0 Å². The zero-order chi connectivity index (χ0) is 16.8. The minimum absolute atomic E-state index is 0.292. The Kier molecular flexibility index (Phi) is 13.3. The lowest BCUT2D eigenvalue weighted by atomic mass is 9.87. The van der Waals surface area contributed by atoms with Gasteiger partial charge >= 0.3 is 0 Å². The summed E-state index contributed by atoms with van der Waals surface area (Å²) in [5.41, 5.74) is 0. The maximum atomic E-state index is 5.63. The van der Waals surface area contributed by atoms with E-state index in [1.54, 1.807) is 21.3 Å². The number of unbranched alkanes of at least 4 members (excludes halogenated alkanes) is 5. The number of hydrogen-bond acceptors (Lipinski definition) is 3. The van der Waals surface area contributed by atoms with Crippen molar-refractivity contribution in [1.82, 2.24) is 0 Å². The van der Waals surface area contributed by atoms with Crippen molar-refractivity contribution in [2.24, 2.45) is 11.8 Å². The molecule has 0 aromatic carbocycles. The maximum absolute atomic E-state index is 5.63. The molecule has 2 atom stereocenters. The first-order valence-corrected chi connectivity index (χ1v) is 9.25. The van der Waals surface area contributed by atoms with E-state index in [1.807, 2.05) is 0 Å². The molecule has 3 nitrogen and oxygen atoms in total. The third-order valence-electron chi connectivity index (χ3n) is 4.73. The molecule has 0 saturated heterocycles. The third-order valence-corrected chi connectivity index (χ3v) is 4.73. The van der Waals surface area contributed by atoms with Crippen molar-refractivity contribution in [3.8, 4) is 0 Å². The summed E-state index contributed by atoms with van der Waals surface area (Å²) in [6.45, 7) is 6.83. The van der Waals surface area contributed by atoms with Gasteiger partial charge in [0.05, 0.1) is 0 Å². The van der Waals surface area contributed by atoms with E-state index in [0.717, 1.165) is 12.8 Å². The van der Waals surface area contributed by atoms with Crippen molar-refractivity contribution in [3.63, 3.8) is 0 Å². The van der Waals surface area contributed by atoms with Crippen LogP contribution < -0.4 is 0 Å². The van der Waals surface area contributed by atoms with Crippen LogP contribution in [0, 0.1) is 11.8 Å². The van der Waals surface area contributed by atoms with Gasteiger partial charge in [0, 0.05) is 27.2 Å². The van der Waals surface area contributed by atoms with Crippen LogP contribution in [0.1, 0.15) is 85.0 Å². The van der Waals surface area contributed by atoms with E-state index in [4.69, 9.17) is 14.2 Å². The highest BCUT2D eigenvalue weighted by Crippen LogP contribution is 2.34. The summed E-state index contributed by atoms with van der Waals surface area (Å²) in [6, 6.07) is 0. The molecule has 0 rings (SSSR count). The van der Waals surface area contributed by atoms with Gasteiger partial charge in [-0.1, -0.05) is 72.1 Å². The van der Waals surface area contributed by atoms with Gasteiger partial charge in [0.2, 0.25) is 0 Å². The molecule has 0 saturated carbocycles. The molecule has 0 aliphatic rings. The van der Waals surface area contributed by atoms with Gasteiger partial charge in [-0.05, 0) is 18.8 Å². The number of hydrogen-bond donors (Lipinski definition) is 0. The molecule has 0 aliphatic heterocycles. The van der Waals surface area contributed by atoms with E-state index in [1.165, 1.54) is 51.4 Å². The van der Waals surface area contributed by atoms with Crippen molar-refractivity contribution in [2.75, 3.05) is 21.3 Å². The summed E-state index contributed by atoms with van der Waals surface area (Å²) in [5.74, 6) is 0.0842. The smallest absolute Gasteiger partial charge is 0.285 e. The van der Waals surface area contributed by atoms with Crippen LogP contribution in [0.3, 0.4) is 0 Å². The van der Waals surface area contributed by atoms with Crippen LogP contribution in [0.2, 0.25) is 0 Å². The second-order valence-electron chi connectivity index (χ2n) is 6.60. The standard InChI is InChI=1S/C19H40O3/c1-7-9-10-11-12-13-15-18(16-17(3)14-8-2)19(20-4,21-5)22-6/h17-18H,7-16H2,1-6H3. The van der Waals surface area contributed by atoms with Gasteiger partial charge in [-0.2, -0.15) is 0 Å². The molecule has 22 heavy (non-hydrogen) atoms. The second kappa shape index (κ2) is 13.3. The average Bonchev–Trinajstić information content (AvgIpc) is 2.52. The lowest BCUT2D eigenvalue weighted by Gasteiger charge is -2.37. The largest absolute Gasteiger partial charge is 0.331 e. The Morgan fingerprint density at radius 1 is 0.727 bits per heavy atom. The molecule has 0 N–H and O–H groups in total. The minimum atomic E-state index is -0.884. The molecule has 0 bridgehead atoms. The van der Waals surface area contributed by atoms with E-state index in [9.17, 15) is 0 Å². The van der Waals surface area contributed by atoms with Crippen molar-refractivity contribution < 1.29 is 14.2 Å². The molecular weight excluding hydrogens is 276 g/mol. The van der Waals surface area contributed by atoms with Crippen LogP contribution in [0.4, 0.5) is 0 Å².